The maximum absolute atomic E-state index is 12.7. The highest BCUT2D eigenvalue weighted by molar-refractivity contribution is 5.68. The van der Waals surface area contributed by atoms with Gasteiger partial charge in [-0.15, -0.1) is 0 Å². The molecule has 1 aromatic rings. The van der Waals surface area contributed by atoms with E-state index in [-0.39, 0.29) is 31.3 Å². The van der Waals surface area contributed by atoms with Gasteiger partial charge in [-0.25, -0.2) is 4.79 Å². The van der Waals surface area contributed by atoms with Gasteiger partial charge in [0.25, 0.3) is 6.10 Å². The molecule has 2 atom stereocenters. The lowest BCUT2D eigenvalue weighted by molar-refractivity contribution is -0.308. The zero-order valence-corrected chi connectivity index (χ0v) is 19.0. The fraction of sp³-hybridized carbons (Fsp3) is 0.636. The second-order valence-electron chi connectivity index (χ2n) is 9.05. The van der Waals surface area contributed by atoms with Gasteiger partial charge in [-0.1, -0.05) is 12.1 Å². The third kappa shape index (κ3) is 7.15. The van der Waals surface area contributed by atoms with E-state index in [1.165, 1.54) is 0 Å². The smallest absolute Gasteiger partial charge is 0.434 e. The monoisotopic (exact) mass is 511 g/mol. The van der Waals surface area contributed by atoms with Crippen molar-refractivity contribution in [2.24, 2.45) is 11.8 Å². The first-order valence-electron chi connectivity index (χ1n) is 11.1. The van der Waals surface area contributed by atoms with Gasteiger partial charge >= 0.3 is 24.4 Å². The number of nitrogens with one attached hydrogen (secondary N) is 1. The fourth-order valence-corrected chi connectivity index (χ4v) is 4.56. The number of benzene rings is 1. The van der Waals surface area contributed by atoms with Gasteiger partial charge in [0.2, 0.25) is 0 Å². The Kier molecular flexibility index (Phi) is 8.07. The predicted octanol–water partition coefficient (Wildman–Crippen LogP) is 4.27. The lowest BCUT2D eigenvalue weighted by atomic mass is 10.0. The van der Waals surface area contributed by atoms with Crippen LogP contribution in [0.25, 0.3) is 0 Å². The molecule has 2 fully saturated rings. The highest BCUT2D eigenvalue weighted by Gasteiger charge is 2.60. The molecule has 13 heteroatoms. The number of halogens is 6. The van der Waals surface area contributed by atoms with E-state index in [0.717, 1.165) is 21.7 Å². The standard InChI is InChI=1S/C22H27F6N3O4/c1-13-4-5-14(17(7-13)29-6-2-3-18(32)33)8-30-9-15-11-31(12-16(15)10-30)20(34)35-19(21(23,24)25)22(26,27)28/h4-5,7,15-16,19,29H,2-3,6,8-12H2,1H3,(H,32,33). The second-order valence-corrected chi connectivity index (χ2v) is 9.05. The van der Waals surface area contributed by atoms with Gasteiger partial charge in [0.05, 0.1) is 0 Å². The van der Waals surface area contributed by atoms with Crippen LogP contribution in [0.15, 0.2) is 18.2 Å². The minimum absolute atomic E-state index is 0.0244. The Bertz CT molecular complexity index is 895. The van der Waals surface area contributed by atoms with Crippen molar-refractivity contribution in [3.63, 3.8) is 0 Å². The Labute approximate surface area is 198 Å². The molecule has 2 heterocycles. The van der Waals surface area contributed by atoms with Crippen LogP contribution < -0.4 is 5.32 Å². The number of rotatable bonds is 8. The molecule has 1 aromatic carbocycles. The van der Waals surface area contributed by atoms with Crippen LogP contribution in [0, 0.1) is 18.8 Å². The van der Waals surface area contributed by atoms with Crippen molar-refractivity contribution < 1.29 is 45.8 Å². The number of aliphatic carboxylic acids is 1. The molecule has 0 bridgehead atoms. The lowest BCUT2D eigenvalue weighted by Gasteiger charge is -2.26. The maximum atomic E-state index is 12.7. The summed E-state index contributed by atoms with van der Waals surface area (Å²) in [5, 5.41) is 12.0. The summed E-state index contributed by atoms with van der Waals surface area (Å²) in [6.07, 6.45) is -16.7. The van der Waals surface area contributed by atoms with Gasteiger partial charge in [-0.3, -0.25) is 9.69 Å². The van der Waals surface area contributed by atoms with Crippen LogP contribution in [-0.4, -0.2) is 78.1 Å². The van der Waals surface area contributed by atoms with Gasteiger partial charge in [-0.05, 0) is 42.4 Å². The lowest BCUT2D eigenvalue weighted by Crippen LogP contribution is -2.48. The number of amides is 1. The first-order chi connectivity index (χ1) is 16.2. The minimum atomic E-state index is -5.74. The Hall–Kier alpha value is -2.70. The molecule has 1 amide bonds. The van der Waals surface area contributed by atoms with Crippen LogP contribution in [0.1, 0.15) is 24.0 Å². The molecule has 35 heavy (non-hydrogen) atoms. The van der Waals surface area contributed by atoms with Crippen LogP contribution in [0.2, 0.25) is 0 Å². The van der Waals surface area contributed by atoms with E-state index < -0.39 is 30.5 Å². The first kappa shape index (κ1) is 26.9. The van der Waals surface area contributed by atoms with Gasteiger partial charge in [0.1, 0.15) is 0 Å². The average Bonchev–Trinajstić information content (AvgIpc) is 3.28. The number of nitrogens with zero attached hydrogens (tertiary/aromatic N) is 2. The maximum Gasteiger partial charge on any atom is 0.434 e. The highest BCUT2D eigenvalue weighted by Crippen LogP contribution is 2.38. The summed E-state index contributed by atoms with van der Waals surface area (Å²) < 4.78 is 80.0. The van der Waals surface area contributed by atoms with Gasteiger partial charge in [-0.2, -0.15) is 26.3 Å². The van der Waals surface area contributed by atoms with Crippen molar-refractivity contribution >= 4 is 17.7 Å². The van der Waals surface area contributed by atoms with Crippen molar-refractivity contribution in [2.75, 3.05) is 38.0 Å². The molecule has 196 valence electrons. The SMILES string of the molecule is Cc1ccc(CN2CC3CN(C(=O)OC(C(F)(F)F)C(F)(F)F)CC3C2)c(NCCCC(=O)O)c1. The Morgan fingerprint density at radius 1 is 1.09 bits per heavy atom. The van der Waals surface area contributed by atoms with Crippen molar-refractivity contribution in [2.45, 2.75) is 44.8 Å². The second kappa shape index (κ2) is 10.5. The third-order valence-electron chi connectivity index (χ3n) is 6.18. The van der Waals surface area contributed by atoms with Crippen LogP contribution >= 0.6 is 0 Å². The van der Waals surface area contributed by atoms with E-state index in [0.29, 0.717) is 32.6 Å². The van der Waals surface area contributed by atoms with E-state index in [2.05, 4.69) is 15.0 Å². The predicted molar refractivity (Wildman–Crippen MR) is 113 cm³/mol. The molecule has 7 nitrogen and oxygen atoms in total. The summed E-state index contributed by atoms with van der Waals surface area (Å²) in [6.45, 7) is 4.09. The van der Waals surface area contributed by atoms with E-state index in [1.807, 2.05) is 25.1 Å². The normalized spacial score (nSPS) is 20.9. The molecule has 2 N–H and O–H groups in total. The Balaban J connectivity index is 1.55. The molecule has 0 aromatic heterocycles. The van der Waals surface area contributed by atoms with Gasteiger partial charge < -0.3 is 20.1 Å². The zero-order valence-electron chi connectivity index (χ0n) is 19.0. The fourth-order valence-electron chi connectivity index (χ4n) is 4.56. The molecule has 0 aliphatic carbocycles. The molecule has 2 unspecified atom stereocenters. The summed E-state index contributed by atoms with van der Waals surface area (Å²) in [7, 11) is 0. The van der Waals surface area contributed by atoms with Crippen molar-refractivity contribution in [3.8, 4) is 0 Å². The van der Waals surface area contributed by atoms with E-state index in [1.54, 1.807) is 0 Å². The van der Waals surface area contributed by atoms with Crippen LogP contribution in [0.4, 0.5) is 36.8 Å². The number of carboxylic acid groups (broad SMARTS) is 1. The number of alkyl halides is 6. The van der Waals surface area contributed by atoms with Crippen molar-refractivity contribution in [1.82, 2.24) is 9.80 Å². The topological polar surface area (TPSA) is 82.1 Å². The van der Waals surface area contributed by atoms with Gasteiger partial charge in [0.15, 0.2) is 0 Å². The summed E-state index contributed by atoms with van der Waals surface area (Å²) in [5.41, 5.74) is 2.89. The quantitative estimate of drug-likeness (QED) is 0.401. The highest BCUT2D eigenvalue weighted by atomic mass is 19.4. The van der Waals surface area contributed by atoms with Crippen LogP contribution in [0.5, 0.6) is 0 Å². The Morgan fingerprint density at radius 2 is 1.69 bits per heavy atom. The first-order valence-corrected chi connectivity index (χ1v) is 11.1. The van der Waals surface area contributed by atoms with Crippen LogP contribution in [-0.2, 0) is 16.1 Å². The number of fused-ring (bicyclic) bond motifs is 1. The van der Waals surface area contributed by atoms with E-state index >= 15 is 0 Å². The number of aryl methyl sites for hydroxylation is 1. The van der Waals surface area contributed by atoms with Crippen molar-refractivity contribution in [1.29, 1.82) is 0 Å². The summed E-state index contributed by atoms with van der Waals surface area (Å²) in [4.78, 5) is 25.8. The number of carboxylic acids is 1. The number of likely N-dealkylation sites (tertiary alicyclic amines) is 2. The summed E-state index contributed by atoms with van der Waals surface area (Å²) >= 11 is 0. The molecular weight excluding hydrogens is 484 g/mol. The zero-order chi connectivity index (χ0) is 26.0. The molecule has 3 rings (SSSR count). The largest absolute Gasteiger partial charge is 0.481 e. The molecular formula is C22H27F6N3O4. The molecule has 2 aliphatic rings. The number of hydrogen-bond donors (Lipinski definition) is 2. The van der Waals surface area contributed by atoms with Crippen molar-refractivity contribution in [3.05, 3.63) is 29.3 Å². The Morgan fingerprint density at radius 3 is 2.23 bits per heavy atom. The molecule has 0 spiro atoms. The summed E-state index contributed by atoms with van der Waals surface area (Å²) in [5.74, 6) is -1.05. The average molecular weight is 511 g/mol. The van der Waals surface area contributed by atoms with E-state index in [4.69, 9.17) is 5.11 Å². The van der Waals surface area contributed by atoms with Crippen LogP contribution in [0.3, 0.4) is 0 Å². The number of hydrogen-bond acceptors (Lipinski definition) is 5. The minimum Gasteiger partial charge on any atom is -0.481 e. The van der Waals surface area contributed by atoms with E-state index in [9.17, 15) is 35.9 Å². The molecule has 0 radical (unpaired) electrons. The molecule has 2 aliphatic heterocycles. The third-order valence-corrected chi connectivity index (χ3v) is 6.18. The molecule has 0 saturated carbocycles. The number of carbonyl (C=O) groups excluding carboxylic acids is 1. The number of anilines is 1. The molecule has 2 saturated heterocycles. The van der Waals surface area contributed by atoms with Gasteiger partial charge in [0, 0.05) is 51.4 Å². The number of carbonyl (C=O) groups is 2. The summed E-state index contributed by atoms with van der Waals surface area (Å²) in [6, 6.07) is 5.87. The number of ether oxygens (including phenoxy) is 1.